The number of hydrogen-bond acceptors (Lipinski definition) is 2. The first-order chi connectivity index (χ1) is 5.74. The maximum Gasteiger partial charge on any atom is 0.212 e. The fraction of sp³-hybridized carbons (Fsp3) is 0.500. The Bertz CT molecular complexity index is 193. The molecule has 1 rings (SSSR count). The molecule has 1 heterocycles. The fourth-order valence-electron chi connectivity index (χ4n) is 0.575. The maximum atomic E-state index is 4.86. The first-order valence-corrected chi connectivity index (χ1v) is 4.21. The molecule has 12 heavy (non-hydrogen) atoms. The summed E-state index contributed by atoms with van der Waals surface area (Å²) >= 11 is 0. The molecular formula is C10H17NO. The minimum atomic E-state index is 0.667. The molecule has 0 aliphatic carbocycles. The van der Waals surface area contributed by atoms with Gasteiger partial charge in [0.25, 0.3) is 0 Å². The SMILES string of the molecule is CCC.COc1ccc(C)cn1. The van der Waals surface area contributed by atoms with Crippen LogP contribution in [0.15, 0.2) is 18.3 Å². The van der Waals surface area contributed by atoms with E-state index in [1.807, 2.05) is 19.1 Å². The lowest BCUT2D eigenvalue weighted by molar-refractivity contribution is 0.397. The van der Waals surface area contributed by atoms with Crippen LogP contribution >= 0.6 is 0 Å². The lowest BCUT2D eigenvalue weighted by Gasteiger charge is -1.95. The van der Waals surface area contributed by atoms with Gasteiger partial charge < -0.3 is 4.74 Å². The third kappa shape index (κ3) is 4.72. The number of aromatic nitrogens is 1. The van der Waals surface area contributed by atoms with Gasteiger partial charge in [0, 0.05) is 12.3 Å². The number of methoxy groups -OCH3 is 1. The normalized spacial score (nSPS) is 8.33. The fourth-order valence-corrected chi connectivity index (χ4v) is 0.575. The molecule has 0 N–H and O–H groups in total. The van der Waals surface area contributed by atoms with E-state index in [0.29, 0.717) is 5.88 Å². The smallest absolute Gasteiger partial charge is 0.212 e. The summed E-state index contributed by atoms with van der Waals surface area (Å²) in [6.45, 7) is 6.24. The summed E-state index contributed by atoms with van der Waals surface area (Å²) in [6, 6.07) is 3.81. The second kappa shape index (κ2) is 6.65. The van der Waals surface area contributed by atoms with Gasteiger partial charge in [-0.15, -0.1) is 0 Å². The van der Waals surface area contributed by atoms with Crippen LogP contribution in [0.25, 0.3) is 0 Å². The molecule has 2 heteroatoms. The van der Waals surface area contributed by atoms with Crippen LogP contribution in [-0.4, -0.2) is 12.1 Å². The average Bonchev–Trinajstić information content (AvgIpc) is 2.07. The minimum absolute atomic E-state index is 0.667. The second-order valence-corrected chi connectivity index (χ2v) is 2.59. The first kappa shape index (κ1) is 11.0. The zero-order valence-corrected chi connectivity index (χ0v) is 8.29. The molecule has 0 saturated heterocycles. The van der Waals surface area contributed by atoms with Gasteiger partial charge in [-0.25, -0.2) is 4.98 Å². The van der Waals surface area contributed by atoms with Crippen molar-refractivity contribution in [2.75, 3.05) is 7.11 Å². The van der Waals surface area contributed by atoms with Crippen molar-refractivity contribution < 1.29 is 4.74 Å². The average molecular weight is 167 g/mol. The molecule has 0 aliphatic rings. The van der Waals surface area contributed by atoms with Crippen LogP contribution in [0, 0.1) is 6.92 Å². The van der Waals surface area contributed by atoms with Gasteiger partial charge in [0.2, 0.25) is 5.88 Å². The lowest BCUT2D eigenvalue weighted by Crippen LogP contribution is -1.85. The molecule has 0 radical (unpaired) electrons. The Morgan fingerprint density at radius 1 is 1.33 bits per heavy atom. The molecule has 1 aromatic rings. The van der Waals surface area contributed by atoms with E-state index >= 15 is 0 Å². The molecular weight excluding hydrogens is 150 g/mol. The highest BCUT2D eigenvalue weighted by Crippen LogP contribution is 2.04. The molecule has 0 amide bonds. The van der Waals surface area contributed by atoms with Crippen molar-refractivity contribution in [1.82, 2.24) is 4.98 Å². The van der Waals surface area contributed by atoms with Crippen LogP contribution in [0.4, 0.5) is 0 Å². The van der Waals surface area contributed by atoms with Gasteiger partial charge in [0.1, 0.15) is 0 Å². The highest BCUT2D eigenvalue weighted by Gasteiger charge is 1.87. The van der Waals surface area contributed by atoms with Crippen LogP contribution in [-0.2, 0) is 0 Å². The molecule has 0 fully saturated rings. The molecule has 2 nitrogen and oxygen atoms in total. The molecule has 0 unspecified atom stereocenters. The molecule has 0 aromatic carbocycles. The van der Waals surface area contributed by atoms with Crippen molar-refractivity contribution in [1.29, 1.82) is 0 Å². The van der Waals surface area contributed by atoms with Gasteiger partial charge in [-0.2, -0.15) is 0 Å². The number of aryl methyl sites for hydroxylation is 1. The summed E-state index contributed by atoms with van der Waals surface area (Å²) in [4.78, 5) is 3.97. The summed E-state index contributed by atoms with van der Waals surface area (Å²) in [5, 5.41) is 0. The van der Waals surface area contributed by atoms with E-state index in [4.69, 9.17) is 4.74 Å². The van der Waals surface area contributed by atoms with E-state index in [1.165, 1.54) is 6.42 Å². The highest BCUT2D eigenvalue weighted by atomic mass is 16.5. The largest absolute Gasteiger partial charge is 0.481 e. The van der Waals surface area contributed by atoms with Gasteiger partial charge >= 0.3 is 0 Å². The molecule has 0 aliphatic heterocycles. The number of ether oxygens (including phenoxy) is 1. The van der Waals surface area contributed by atoms with Crippen LogP contribution in [0.5, 0.6) is 5.88 Å². The summed E-state index contributed by atoms with van der Waals surface area (Å²) in [7, 11) is 1.61. The van der Waals surface area contributed by atoms with Crippen LogP contribution in [0.3, 0.4) is 0 Å². The molecule has 1 aromatic heterocycles. The number of pyridine rings is 1. The Morgan fingerprint density at radius 3 is 2.25 bits per heavy atom. The summed E-state index contributed by atoms with van der Waals surface area (Å²) in [5.41, 5.74) is 1.15. The molecule has 68 valence electrons. The third-order valence-electron chi connectivity index (χ3n) is 1.09. The number of rotatable bonds is 1. The van der Waals surface area contributed by atoms with Crippen molar-refractivity contribution in [2.24, 2.45) is 0 Å². The quantitative estimate of drug-likeness (QED) is 0.641. The van der Waals surface area contributed by atoms with Gasteiger partial charge in [0.05, 0.1) is 7.11 Å². The molecule has 0 atom stereocenters. The zero-order chi connectivity index (χ0) is 9.40. The Balaban J connectivity index is 0.000000354. The van der Waals surface area contributed by atoms with Crippen LogP contribution in [0.1, 0.15) is 25.8 Å². The molecule has 0 spiro atoms. The highest BCUT2D eigenvalue weighted by molar-refractivity contribution is 5.15. The first-order valence-electron chi connectivity index (χ1n) is 4.21. The van der Waals surface area contributed by atoms with Crippen LogP contribution in [0.2, 0.25) is 0 Å². The predicted molar refractivity (Wildman–Crippen MR) is 51.5 cm³/mol. The van der Waals surface area contributed by atoms with Gasteiger partial charge in [-0.05, 0) is 12.5 Å². The maximum absolute atomic E-state index is 4.86. The standard InChI is InChI=1S/C7H9NO.C3H8/c1-6-3-4-7(9-2)8-5-6;1-3-2/h3-5H,1-2H3;3H2,1-2H3. The predicted octanol–water partition coefficient (Wildman–Crippen LogP) is 2.81. The minimum Gasteiger partial charge on any atom is -0.481 e. The lowest BCUT2D eigenvalue weighted by atomic mass is 10.3. The van der Waals surface area contributed by atoms with Crippen molar-refractivity contribution in [3.63, 3.8) is 0 Å². The van der Waals surface area contributed by atoms with E-state index < -0.39 is 0 Å². The van der Waals surface area contributed by atoms with Crippen molar-refractivity contribution in [2.45, 2.75) is 27.2 Å². The van der Waals surface area contributed by atoms with Gasteiger partial charge in [-0.3, -0.25) is 0 Å². The summed E-state index contributed by atoms with van der Waals surface area (Å²) in [6.07, 6.45) is 3.03. The second-order valence-electron chi connectivity index (χ2n) is 2.59. The van der Waals surface area contributed by atoms with Crippen LogP contribution < -0.4 is 4.74 Å². The van der Waals surface area contributed by atoms with E-state index in [-0.39, 0.29) is 0 Å². The van der Waals surface area contributed by atoms with Gasteiger partial charge in [0.15, 0.2) is 0 Å². The van der Waals surface area contributed by atoms with Crippen molar-refractivity contribution >= 4 is 0 Å². The number of hydrogen-bond donors (Lipinski definition) is 0. The van der Waals surface area contributed by atoms with Crippen molar-refractivity contribution in [3.8, 4) is 5.88 Å². The zero-order valence-electron chi connectivity index (χ0n) is 8.29. The van der Waals surface area contributed by atoms with E-state index in [1.54, 1.807) is 13.3 Å². The van der Waals surface area contributed by atoms with Gasteiger partial charge in [-0.1, -0.05) is 26.3 Å². The Labute approximate surface area is 74.6 Å². The van der Waals surface area contributed by atoms with E-state index in [2.05, 4.69) is 18.8 Å². The topological polar surface area (TPSA) is 22.1 Å². The third-order valence-corrected chi connectivity index (χ3v) is 1.09. The number of nitrogens with zero attached hydrogens (tertiary/aromatic N) is 1. The Hall–Kier alpha value is -1.05. The molecule has 0 saturated carbocycles. The van der Waals surface area contributed by atoms with E-state index in [9.17, 15) is 0 Å². The van der Waals surface area contributed by atoms with E-state index in [0.717, 1.165) is 5.56 Å². The monoisotopic (exact) mass is 167 g/mol. The van der Waals surface area contributed by atoms with Crippen molar-refractivity contribution in [3.05, 3.63) is 23.9 Å². The summed E-state index contributed by atoms with van der Waals surface area (Å²) < 4.78 is 4.86. The Kier molecular flexibility index (Phi) is 6.07. The Morgan fingerprint density at radius 2 is 1.92 bits per heavy atom. The molecule has 0 bridgehead atoms. The summed E-state index contributed by atoms with van der Waals surface area (Å²) in [5.74, 6) is 0.667.